The number of anilines is 2. The van der Waals surface area contributed by atoms with Crippen molar-refractivity contribution in [2.75, 3.05) is 10.0 Å². The Morgan fingerprint density at radius 1 is 0.667 bits per heavy atom. The number of urea groups is 2. The lowest BCUT2D eigenvalue weighted by molar-refractivity contribution is 0.253. The predicted molar refractivity (Wildman–Crippen MR) is 94.0 cm³/mol. The van der Waals surface area contributed by atoms with Gasteiger partial charge in [-0.1, -0.05) is 24.3 Å². The van der Waals surface area contributed by atoms with Gasteiger partial charge in [0.2, 0.25) is 0 Å². The first-order chi connectivity index (χ1) is 11.4. The van der Waals surface area contributed by atoms with Gasteiger partial charge in [-0.05, 0) is 45.8 Å². The first-order valence-electron chi connectivity index (χ1n) is 7.03. The Kier molecular flexibility index (Phi) is 3.68. The summed E-state index contributed by atoms with van der Waals surface area (Å²) < 4.78 is 0. The van der Waals surface area contributed by atoms with Crippen LogP contribution in [0.3, 0.4) is 0 Å². The van der Waals surface area contributed by atoms with Crippen LogP contribution < -0.4 is 33.2 Å². The number of benzene rings is 3. The molecule has 0 aliphatic carbocycles. The van der Waals surface area contributed by atoms with Crippen molar-refractivity contribution < 1.29 is 9.59 Å². The number of fused-ring (bicyclic) bond motifs is 3. The maximum Gasteiger partial charge on any atom is 0.333 e. The van der Waals surface area contributed by atoms with Crippen LogP contribution in [-0.4, -0.2) is 12.1 Å². The van der Waals surface area contributed by atoms with E-state index in [1.54, 1.807) is 24.3 Å². The molecule has 0 unspecified atom stereocenters. The number of hydrogen-bond donors (Lipinski definition) is 4. The number of amides is 4. The Hall–Kier alpha value is -3.36. The zero-order chi connectivity index (χ0) is 17.4. The molecule has 0 aliphatic heterocycles. The standard InChI is InChI=1S/C16H16N6O2/c17-15(23)21(19)11-5-3-9-1-2-10-4-6-12(22(20)16(18)24)8-14(10)13(9)7-11/h1-8H,19-20H2,(H2,17,23)(H2,18,24). The van der Waals surface area contributed by atoms with Gasteiger partial charge < -0.3 is 11.5 Å². The van der Waals surface area contributed by atoms with Gasteiger partial charge in [0.1, 0.15) is 0 Å². The number of nitrogens with two attached hydrogens (primary N) is 4. The van der Waals surface area contributed by atoms with Gasteiger partial charge in [0, 0.05) is 0 Å². The van der Waals surface area contributed by atoms with E-state index >= 15 is 0 Å². The minimum atomic E-state index is -0.767. The van der Waals surface area contributed by atoms with E-state index in [2.05, 4.69) is 0 Å². The first kappa shape index (κ1) is 15.5. The topological polar surface area (TPSA) is 145 Å². The number of primary amides is 2. The molecule has 0 bridgehead atoms. The van der Waals surface area contributed by atoms with Crippen molar-refractivity contribution in [3.8, 4) is 0 Å². The fraction of sp³-hybridized carbons (Fsp3) is 0. The van der Waals surface area contributed by atoms with Crippen molar-refractivity contribution in [1.29, 1.82) is 0 Å². The van der Waals surface area contributed by atoms with Crippen LogP contribution in [0.5, 0.6) is 0 Å². The molecule has 8 nitrogen and oxygen atoms in total. The van der Waals surface area contributed by atoms with Crippen molar-refractivity contribution in [1.82, 2.24) is 0 Å². The van der Waals surface area contributed by atoms with Crippen LogP contribution in [0.2, 0.25) is 0 Å². The summed E-state index contributed by atoms with van der Waals surface area (Å²) in [6, 6.07) is 12.9. The smallest absolute Gasteiger partial charge is 0.333 e. The molecule has 0 fully saturated rings. The highest BCUT2D eigenvalue weighted by atomic mass is 16.2. The lowest BCUT2D eigenvalue weighted by Gasteiger charge is -2.17. The second-order valence-electron chi connectivity index (χ2n) is 5.29. The summed E-state index contributed by atoms with van der Waals surface area (Å²) in [5.74, 6) is 11.3. The third-order valence-electron chi connectivity index (χ3n) is 3.84. The van der Waals surface area contributed by atoms with Gasteiger partial charge in [-0.15, -0.1) is 0 Å². The number of hydrogen-bond acceptors (Lipinski definition) is 4. The molecule has 0 atom stereocenters. The number of carbonyl (C=O) groups excluding carboxylic acids is 2. The maximum absolute atomic E-state index is 11.3. The lowest BCUT2D eigenvalue weighted by Crippen LogP contribution is -2.41. The first-order valence-corrected chi connectivity index (χ1v) is 7.03. The largest absolute Gasteiger partial charge is 0.350 e. The SMILES string of the molecule is NC(=O)N(N)c1ccc2ccc3ccc(N(N)C(N)=O)cc3c2c1. The molecule has 8 heteroatoms. The van der Waals surface area contributed by atoms with E-state index in [4.69, 9.17) is 23.2 Å². The van der Waals surface area contributed by atoms with Gasteiger partial charge in [0.05, 0.1) is 11.4 Å². The average molecular weight is 324 g/mol. The monoisotopic (exact) mass is 324 g/mol. The minimum Gasteiger partial charge on any atom is -0.350 e. The predicted octanol–water partition coefficient (Wildman–Crippen LogP) is 1.51. The molecule has 0 heterocycles. The van der Waals surface area contributed by atoms with Crippen molar-refractivity contribution in [2.24, 2.45) is 23.2 Å². The molecule has 0 spiro atoms. The Labute approximate surface area is 137 Å². The fourth-order valence-corrected chi connectivity index (χ4v) is 2.58. The second-order valence-corrected chi connectivity index (χ2v) is 5.29. The van der Waals surface area contributed by atoms with Crippen molar-refractivity contribution in [2.45, 2.75) is 0 Å². The zero-order valence-electron chi connectivity index (χ0n) is 12.6. The molecule has 0 aliphatic rings. The molecule has 0 saturated heterocycles. The van der Waals surface area contributed by atoms with E-state index in [1.807, 2.05) is 24.3 Å². The molecular weight excluding hydrogens is 308 g/mol. The molecule has 122 valence electrons. The van der Waals surface area contributed by atoms with Gasteiger partial charge in [-0.3, -0.25) is 0 Å². The average Bonchev–Trinajstić information content (AvgIpc) is 2.59. The molecule has 0 radical (unpaired) electrons. The van der Waals surface area contributed by atoms with Gasteiger partial charge in [-0.2, -0.15) is 0 Å². The molecule has 4 amide bonds. The van der Waals surface area contributed by atoms with E-state index in [0.717, 1.165) is 31.6 Å². The van der Waals surface area contributed by atoms with E-state index < -0.39 is 12.1 Å². The summed E-state index contributed by atoms with van der Waals surface area (Å²) in [6.07, 6.45) is 0. The highest BCUT2D eigenvalue weighted by molar-refractivity contribution is 6.10. The molecule has 3 aromatic carbocycles. The van der Waals surface area contributed by atoms with Crippen LogP contribution in [0.15, 0.2) is 48.5 Å². The second kappa shape index (κ2) is 5.69. The van der Waals surface area contributed by atoms with Crippen LogP contribution in [0.25, 0.3) is 21.5 Å². The molecule has 24 heavy (non-hydrogen) atoms. The third kappa shape index (κ3) is 2.56. The Balaban J connectivity index is 2.26. The van der Waals surface area contributed by atoms with Crippen molar-refractivity contribution in [3.05, 3.63) is 48.5 Å². The molecular formula is C16H16N6O2. The van der Waals surface area contributed by atoms with Crippen LogP contribution in [0, 0.1) is 0 Å². The van der Waals surface area contributed by atoms with E-state index in [9.17, 15) is 9.59 Å². The summed E-state index contributed by atoms with van der Waals surface area (Å²) in [6.45, 7) is 0. The quantitative estimate of drug-likeness (QED) is 0.245. The zero-order valence-corrected chi connectivity index (χ0v) is 12.6. The van der Waals surface area contributed by atoms with E-state index in [0.29, 0.717) is 11.4 Å². The van der Waals surface area contributed by atoms with Crippen LogP contribution in [0.1, 0.15) is 0 Å². The molecule has 3 aromatic rings. The summed E-state index contributed by atoms with van der Waals surface area (Å²) >= 11 is 0. The number of carbonyl (C=O) groups is 2. The van der Waals surface area contributed by atoms with Crippen molar-refractivity contribution >= 4 is 45.0 Å². The van der Waals surface area contributed by atoms with Gasteiger partial charge >= 0.3 is 12.1 Å². The summed E-state index contributed by atoms with van der Waals surface area (Å²) in [4.78, 5) is 22.5. The highest BCUT2D eigenvalue weighted by Crippen LogP contribution is 2.31. The lowest BCUT2D eigenvalue weighted by atomic mass is 10.0. The van der Waals surface area contributed by atoms with E-state index in [-0.39, 0.29) is 0 Å². The molecule has 0 aromatic heterocycles. The molecule has 3 rings (SSSR count). The summed E-state index contributed by atoms with van der Waals surface area (Å²) in [7, 11) is 0. The van der Waals surface area contributed by atoms with Gasteiger partial charge in [0.15, 0.2) is 0 Å². The normalized spacial score (nSPS) is 10.8. The number of hydrazine groups is 2. The highest BCUT2D eigenvalue weighted by Gasteiger charge is 2.12. The number of rotatable bonds is 2. The molecule has 8 N–H and O–H groups in total. The van der Waals surface area contributed by atoms with E-state index in [1.165, 1.54) is 0 Å². The van der Waals surface area contributed by atoms with Gasteiger partial charge in [-0.25, -0.2) is 31.3 Å². The number of nitrogens with zero attached hydrogens (tertiary/aromatic N) is 2. The van der Waals surface area contributed by atoms with Gasteiger partial charge in [0.25, 0.3) is 0 Å². The van der Waals surface area contributed by atoms with Crippen LogP contribution >= 0.6 is 0 Å². The maximum atomic E-state index is 11.3. The third-order valence-corrected chi connectivity index (χ3v) is 3.84. The van der Waals surface area contributed by atoms with Crippen molar-refractivity contribution in [3.63, 3.8) is 0 Å². The Morgan fingerprint density at radius 3 is 1.33 bits per heavy atom. The summed E-state index contributed by atoms with van der Waals surface area (Å²) in [5, 5.41) is 5.26. The Bertz CT molecular complexity index is 893. The minimum absolute atomic E-state index is 0.451. The van der Waals surface area contributed by atoms with Crippen LogP contribution in [-0.2, 0) is 0 Å². The molecule has 0 saturated carbocycles. The van der Waals surface area contributed by atoms with Crippen LogP contribution in [0.4, 0.5) is 21.0 Å². The fourth-order valence-electron chi connectivity index (χ4n) is 2.58. The summed E-state index contributed by atoms with van der Waals surface area (Å²) in [5.41, 5.74) is 11.3. The Morgan fingerprint density at radius 2 is 1.00 bits per heavy atom.